The van der Waals surface area contributed by atoms with Gasteiger partial charge in [0.1, 0.15) is 0 Å². The van der Waals surface area contributed by atoms with Gasteiger partial charge >= 0.3 is 0 Å². The van der Waals surface area contributed by atoms with Crippen LogP contribution >= 0.6 is 0 Å². The molecule has 2 aromatic heterocycles. The van der Waals surface area contributed by atoms with E-state index in [1.54, 1.807) is 0 Å². The first-order valence-electron chi connectivity index (χ1n) is 7.45. The van der Waals surface area contributed by atoms with Gasteiger partial charge < -0.3 is 0 Å². The highest BCUT2D eigenvalue weighted by atomic mass is 14.8. The van der Waals surface area contributed by atoms with E-state index in [1.807, 2.05) is 12.1 Å². The van der Waals surface area contributed by atoms with Gasteiger partial charge in [-0.2, -0.15) is 0 Å². The van der Waals surface area contributed by atoms with Crippen molar-refractivity contribution < 1.29 is 0 Å². The minimum atomic E-state index is 0.916. The van der Waals surface area contributed by atoms with Gasteiger partial charge in [-0.05, 0) is 49.7 Å². The fourth-order valence-electron chi connectivity index (χ4n) is 2.84. The third-order valence-corrected chi connectivity index (χ3v) is 4.06. The summed E-state index contributed by atoms with van der Waals surface area (Å²) in [6.45, 7) is 4.21. The smallest absolute Gasteiger partial charge is 0.0894 e. The maximum Gasteiger partial charge on any atom is 0.0894 e. The van der Waals surface area contributed by atoms with Crippen molar-refractivity contribution in [2.24, 2.45) is 0 Å². The van der Waals surface area contributed by atoms with E-state index in [4.69, 9.17) is 9.97 Å². The van der Waals surface area contributed by atoms with Crippen molar-refractivity contribution in [3.8, 4) is 11.4 Å². The zero-order valence-electron chi connectivity index (χ0n) is 12.7. The van der Waals surface area contributed by atoms with Gasteiger partial charge in [0.05, 0.1) is 22.4 Å². The molecule has 2 aromatic carbocycles. The second kappa shape index (κ2) is 4.92. The van der Waals surface area contributed by atoms with Crippen molar-refractivity contribution in [3.63, 3.8) is 0 Å². The molecule has 0 unspecified atom stereocenters. The highest BCUT2D eigenvalue weighted by Gasteiger charge is 2.05. The molecule has 2 heteroatoms. The third kappa shape index (κ3) is 2.13. The van der Waals surface area contributed by atoms with Crippen LogP contribution in [0.4, 0.5) is 0 Å². The Morgan fingerprint density at radius 2 is 1.45 bits per heavy atom. The molecule has 22 heavy (non-hydrogen) atoms. The van der Waals surface area contributed by atoms with Crippen molar-refractivity contribution in [1.29, 1.82) is 0 Å². The van der Waals surface area contributed by atoms with Gasteiger partial charge in [-0.25, -0.2) is 9.97 Å². The molecule has 0 amide bonds. The van der Waals surface area contributed by atoms with Crippen LogP contribution in [0.2, 0.25) is 0 Å². The number of aryl methyl sites for hydroxylation is 2. The number of fused-ring (bicyclic) bond motifs is 2. The summed E-state index contributed by atoms with van der Waals surface area (Å²) in [6.07, 6.45) is 0. The van der Waals surface area contributed by atoms with E-state index in [9.17, 15) is 0 Å². The minimum Gasteiger partial charge on any atom is -0.246 e. The maximum atomic E-state index is 4.77. The summed E-state index contributed by atoms with van der Waals surface area (Å²) in [4.78, 5) is 9.52. The maximum absolute atomic E-state index is 4.77. The van der Waals surface area contributed by atoms with Crippen molar-refractivity contribution in [2.45, 2.75) is 13.8 Å². The van der Waals surface area contributed by atoms with Crippen LogP contribution < -0.4 is 0 Å². The zero-order valence-corrected chi connectivity index (χ0v) is 12.7. The molecule has 0 saturated heterocycles. The first-order chi connectivity index (χ1) is 10.7. The van der Waals surface area contributed by atoms with Crippen LogP contribution in [0.15, 0.2) is 60.7 Å². The van der Waals surface area contributed by atoms with Crippen LogP contribution in [0.3, 0.4) is 0 Å². The zero-order chi connectivity index (χ0) is 15.1. The van der Waals surface area contributed by atoms with Gasteiger partial charge in [0, 0.05) is 10.8 Å². The Morgan fingerprint density at radius 3 is 2.32 bits per heavy atom. The monoisotopic (exact) mass is 284 g/mol. The molecule has 0 aliphatic carbocycles. The molecule has 0 atom stereocenters. The topological polar surface area (TPSA) is 25.8 Å². The fraction of sp³-hybridized carbons (Fsp3) is 0.100. The summed E-state index contributed by atoms with van der Waals surface area (Å²) in [7, 11) is 0. The first-order valence-corrected chi connectivity index (χ1v) is 7.45. The van der Waals surface area contributed by atoms with Gasteiger partial charge in [-0.15, -0.1) is 0 Å². The lowest BCUT2D eigenvalue weighted by Gasteiger charge is -2.06. The standard InChI is InChI=1S/C20H16N2/c1-13-6-9-17-15(12-13)7-10-19(21-17)20-11-8-16-14(2)4-3-5-18(16)22-20/h3-12H,1-2H3. The summed E-state index contributed by atoms with van der Waals surface area (Å²) >= 11 is 0. The van der Waals surface area contributed by atoms with Gasteiger partial charge in [0.25, 0.3) is 0 Å². The second-order valence-electron chi connectivity index (χ2n) is 5.73. The van der Waals surface area contributed by atoms with E-state index in [0.29, 0.717) is 0 Å². The lowest BCUT2D eigenvalue weighted by atomic mass is 10.1. The Labute approximate surface area is 129 Å². The van der Waals surface area contributed by atoms with E-state index in [0.717, 1.165) is 22.4 Å². The average molecular weight is 284 g/mol. The van der Waals surface area contributed by atoms with E-state index < -0.39 is 0 Å². The minimum absolute atomic E-state index is 0.916. The van der Waals surface area contributed by atoms with Gasteiger partial charge in [0.2, 0.25) is 0 Å². The quantitative estimate of drug-likeness (QED) is 0.488. The molecule has 2 nitrogen and oxygen atoms in total. The van der Waals surface area contributed by atoms with Crippen molar-refractivity contribution in [2.75, 3.05) is 0 Å². The first kappa shape index (κ1) is 13.0. The molecule has 0 saturated carbocycles. The molecule has 0 bridgehead atoms. The van der Waals surface area contributed by atoms with E-state index >= 15 is 0 Å². The number of hydrogen-bond donors (Lipinski definition) is 0. The van der Waals surface area contributed by atoms with E-state index in [-0.39, 0.29) is 0 Å². The molecule has 4 aromatic rings. The predicted octanol–water partition coefficient (Wildman–Crippen LogP) is 5.07. The van der Waals surface area contributed by atoms with E-state index in [1.165, 1.54) is 21.9 Å². The number of rotatable bonds is 1. The van der Waals surface area contributed by atoms with Crippen LogP contribution in [0.1, 0.15) is 11.1 Å². The molecular formula is C20H16N2. The number of aromatic nitrogens is 2. The van der Waals surface area contributed by atoms with Crippen molar-refractivity contribution in [1.82, 2.24) is 9.97 Å². The summed E-state index contributed by atoms with van der Waals surface area (Å²) < 4.78 is 0. The molecule has 0 N–H and O–H groups in total. The molecule has 0 fully saturated rings. The Hall–Kier alpha value is -2.74. The second-order valence-corrected chi connectivity index (χ2v) is 5.73. The Morgan fingerprint density at radius 1 is 0.682 bits per heavy atom. The van der Waals surface area contributed by atoms with Crippen LogP contribution in [0.5, 0.6) is 0 Å². The summed E-state index contributed by atoms with van der Waals surface area (Å²) in [5, 5.41) is 2.36. The van der Waals surface area contributed by atoms with Crippen LogP contribution in [0, 0.1) is 13.8 Å². The van der Waals surface area contributed by atoms with Gasteiger partial charge in [-0.1, -0.05) is 35.9 Å². The lowest BCUT2D eigenvalue weighted by molar-refractivity contribution is 1.31. The predicted molar refractivity (Wildman–Crippen MR) is 92.0 cm³/mol. The number of benzene rings is 2. The molecule has 0 spiro atoms. The number of nitrogens with zero attached hydrogens (tertiary/aromatic N) is 2. The molecule has 0 radical (unpaired) electrons. The highest BCUT2D eigenvalue weighted by molar-refractivity contribution is 5.85. The molecule has 4 rings (SSSR count). The normalized spacial score (nSPS) is 11.2. The Balaban J connectivity index is 1.89. The summed E-state index contributed by atoms with van der Waals surface area (Å²) in [5.41, 5.74) is 6.36. The van der Waals surface area contributed by atoms with Crippen LogP contribution in [0.25, 0.3) is 33.2 Å². The molecule has 106 valence electrons. The van der Waals surface area contributed by atoms with Crippen LogP contribution in [-0.2, 0) is 0 Å². The Kier molecular flexibility index (Phi) is 2.90. The lowest BCUT2D eigenvalue weighted by Crippen LogP contribution is -1.90. The molecule has 0 aliphatic rings. The van der Waals surface area contributed by atoms with Crippen LogP contribution in [-0.4, -0.2) is 9.97 Å². The SMILES string of the molecule is Cc1ccc2nc(-c3ccc4c(C)cccc4n3)ccc2c1. The summed E-state index contributed by atoms with van der Waals surface area (Å²) in [6, 6.07) is 20.9. The summed E-state index contributed by atoms with van der Waals surface area (Å²) in [5.74, 6) is 0. The number of pyridine rings is 2. The van der Waals surface area contributed by atoms with Crippen molar-refractivity contribution in [3.05, 3.63) is 71.8 Å². The fourth-order valence-corrected chi connectivity index (χ4v) is 2.84. The Bertz CT molecular complexity index is 1000. The van der Waals surface area contributed by atoms with Crippen molar-refractivity contribution >= 4 is 21.8 Å². The molecule has 2 heterocycles. The largest absolute Gasteiger partial charge is 0.246 e. The van der Waals surface area contributed by atoms with E-state index in [2.05, 4.69) is 62.4 Å². The third-order valence-electron chi connectivity index (χ3n) is 4.06. The van der Waals surface area contributed by atoms with Gasteiger partial charge in [0.15, 0.2) is 0 Å². The highest BCUT2D eigenvalue weighted by Crippen LogP contribution is 2.24. The average Bonchev–Trinajstić information content (AvgIpc) is 2.54. The number of hydrogen-bond acceptors (Lipinski definition) is 2. The molecular weight excluding hydrogens is 268 g/mol. The van der Waals surface area contributed by atoms with Gasteiger partial charge in [-0.3, -0.25) is 0 Å². The molecule has 0 aliphatic heterocycles.